The van der Waals surface area contributed by atoms with Gasteiger partial charge in [0.25, 0.3) is 0 Å². The molecular weight excluding hydrogens is 156 g/mol. The van der Waals surface area contributed by atoms with Crippen LogP contribution in [0.3, 0.4) is 0 Å². The zero-order valence-corrected chi connectivity index (χ0v) is 6.77. The predicted molar refractivity (Wildman–Crippen MR) is 44.5 cm³/mol. The van der Waals surface area contributed by atoms with Gasteiger partial charge in [-0.15, -0.1) is 0 Å². The first-order chi connectivity index (χ1) is 5.70. The minimum atomic E-state index is -0.833. The molecule has 1 aromatic rings. The molecule has 4 heteroatoms. The van der Waals surface area contributed by atoms with Gasteiger partial charge < -0.3 is 9.67 Å². The number of rotatable bonds is 3. The molecule has 0 aliphatic heterocycles. The molecule has 1 aromatic heterocycles. The van der Waals surface area contributed by atoms with E-state index in [1.807, 2.05) is 11.6 Å². The first-order valence-corrected chi connectivity index (χ1v) is 3.56. The van der Waals surface area contributed by atoms with Crippen molar-refractivity contribution < 1.29 is 9.90 Å². The number of aromatic nitrogens is 2. The molecule has 0 aliphatic carbocycles. The summed E-state index contributed by atoms with van der Waals surface area (Å²) in [4.78, 5) is 14.1. The molecule has 1 heterocycles. The smallest absolute Gasteiger partial charge is 0.307 e. The second kappa shape index (κ2) is 3.71. The SMILES string of the molecule is Cn1ccnc1C=CCC(=O)O. The highest BCUT2D eigenvalue weighted by molar-refractivity contribution is 5.69. The van der Waals surface area contributed by atoms with Crippen LogP contribution in [-0.2, 0) is 11.8 Å². The number of nitrogens with zero attached hydrogens (tertiary/aromatic N) is 2. The Bertz CT molecular complexity index is 302. The second-order valence-corrected chi connectivity index (χ2v) is 2.40. The number of carboxylic acids is 1. The molecule has 0 saturated heterocycles. The van der Waals surface area contributed by atoms with E-state index in [2.05, 4.69) is 4.98 Å². The summed E-state index contributed by atoms with van der Waals surface area (Å²) in [7, 11) is 1.85. The zero-order chi connectivity index (χ0) is 8.97. The van der Waals surface area contributed by atoms with Crippen molar-refractivity contribution in [2.75, 3.05) is 0 Å². The molecule has 64 valence electrons. The third kappa shape index (κ3) is 2.23. The van der Waals surface area contributed by atoms with Crippen LogP contribution in [0.15, 0.2) is 18.5 Å². The predicted octanol–water partition coefficient (Wildman–Crippen LogP) is 0.908. The van der Waals surface area contributed by atoms with Crippen molar-refractivity contribution in [1.82, 2.24) is 9.55 Å². The van der Waals surface area contributed by atoms with Crippen molar-refractivity contribution in [3.05, 3.63) is 24.3 Å². The van der Waals surface area contributed by atoms with Gasteiger partial charge in [0.05, 0.1) is 6.42 Å². The molecular formula is C8H10N2O2. The minimum absolute atomic E-state index is 0.0346. The lowest BCUT2D eigenvalue weighted by molar-refractivity contribution is -0.135. The Labute approximate surface area is 70.2 Å². The van der Waals surface area contributed by atoms with E-state index in [9.17, 15) is 4.79 Å². The Morgan fingerprint density at radius 3 is 3.08 bits per heavy atom. The molecule has 0 radical (unpaired) electrons. The summed E-state index contributed by atoms with van der Waals surface area (Å²) in [6.45, 7) is 0. The monoisotopic (exact) mass is 166 g/mol. The maximum absolute atomic E-state index is 10.1. The second-order valence-electron chi connectivity index (χ2n) is 2.40. The highest BCUT2D eigenvalue weighted by atomic mass is 16.4. The molecule has 0 atom stereocenters. The molecule has 1 rings (SSSR count). The topological polar surface area (TPSA) is 55.1 Å². The Morgan fingerprint density at radius 2 is 2.58 bits per heavy atom. The molecule has 0 aliphatic rings. The summed E-state index contributed by atoms with van der Waals surface area (Å²) in [6.07, 6.45) is 6.77. The highest BCUT2D eigenvalue weighted by Crippen LogP contribution is 1.97. The first-order valence-electron chi connectivity index (χ1n) is 3.56. The number of carbonyl (C=O) groups is 1. The van der Waals surface area contributed by atoms with Gasteiger partial charge in [-0.25, -0.2) is 4.98 Å². The van der Waals surface area contributed by atoms with E-state index in [-0.39, 0.29) is 6.42 Å². The van der Waals surface area contributed by atoms with E-state index in [1.165, 1.54) is 0 Å². The number of imidazole rings is 1. The van der Waals surface area contributed by atoms with Crippen molar-refractivity contribution >= 4 is 12.0 Å². The maximum Gasteiger partial charge on any atom is 0.307 e. The van der Waals surface area contributed by atoms with Gasteiger partial charge in [0, 0.05) is 19.4 Å². The molecule has 0 unspecified atom stereocenters. The Balaban J connectivity index is 2.57. The van der Waals surface area contributed by atoms with Crippen LogP contribution in [0.25, 0.3) is 6.08 Å². The van der Waals surface area contributed by atoms with Crippen molar-refractivity contribution in [3.63, 3.8) is 0 Å². The van der Waals surface area contributed by atoms with Gasteiger partial charge >= 0.3 is 5.97 Å². The summed E-state index contributed by atoms with van der Waals surface area (Å²) in [6, 6.07) is 0. The number of aliphatic carboxylic acids is 1. The molecule has 1 N–H and O–H groups in total. The molecule has 12 heavy (non-hydrogen) atoms. The summed E-state index contributed by atoms with van der Waals surface area (Å²) in [5, 5.41) is 8.33. The van der Waals surface area contributed by atoms with Crippen LogP contribution in [0.2, 0.25) is 0 Å². The fourth-order valence-corrected chi connectivity index (χ4v) is 0.803. The lowest BCUT2D eigenvalue weighted by Gasteiger charge is -1.91. The maximum atomic E-state index is 10.1. The minimum Gasteiger partial charge on any atom is -0.481 e. The average molecular weight is 166 g/mol. The molecule has 0 bridgehead atoms. The Kier molecular flexibility index (Phi) is 2.63. The van der Waals surface area contributed by atoms with Gasteiger partial charge in [-0.3, -0.25) is 4.79 Å². The van der Waals surface area contributed by atoms with Crippen molar-refractivity contribution in [2.45, 2.75) is 6.42 Å². The van der Waals surface area contributed by atoms with Gasteiger partial charge in [0.15, 0.2) is 0 Å². The standard InChI is InChI=1S/C8H10N2O2/c1-10-6-5-9-7(10)3-2-4-8(11)12/h2-3,5-6H,4H2,1H3,(H,11,12). The molecule has 0 fully saturated rings. The Hall–Kier alpha value is -1.58. The third-order valence-electron chi connectivity index (χ3n) is 1.42. The number of carboxylic acid groups (broad SMARTS) is 1. The van der Waals surface area contributed by atoms with E-state index >= 15 is 0 Å². The largest absolute Gasteiger partial charge is 0.481 e. The summed E-state index contributed by atoms with van der Waals surface area (Å²) in [5.41, 5.74) is 0. The van der Waals surface area contributed by atoms with Gasteiger partial charge in [-0.2, -0.15) is 0 Å². The molecule has 0 amide bonds. The van der Waals surface area contributed by atoms with Gasteiger partial charge in [-0.1, -0.05) is 6.08 Å². The molecule has 0 saturated carbocycles. The fraction of sp³-hybridized carbons (Fsp3) is 0.250. The first kappa shape index (κ1) is 8.52. The van der Waals surface area contributed by atoms with E-state index in [0.717, 1.165) is 5.82 Å². The van der Waals surface area contributed by atoms with Crippen LogP contribution < -0.4 is 0 Å². The van der Waals surface area contributed by atoms with Gasteiger partial charge in [0.2, 0.25) is 0 Å². The van der Waals surface area contributed by atoms with Crippen LogP contribution in [0.1, 0.15) is 12.2 Å². The van der Waals surface area contributed by atoms with E-state index in [1.54, 1.807) is 24.5 Å². The van der Waals surface area contributed by atoms with Gasteiger partial charge in [0.1, 0.15) is 5.82 Å². The van der Waals surface area contributed by atoms with E-state index in [0.29, 0.717) is 0 Å². The lowest BCUT2D eigenvalue weighted by atomic mass is 10.4. The van der Waals surface area contributed by atoms with Gasteiger partial charge in [-0.05, 0) is 6.08 Å². The van der Waals surface area contributed by atoms with E-state index in [4.69, 9.17) is 5.11 Å². The molecule has 0 spiro atoms. The normalized spacial score (nSPS) is 10.8. The highest BCUT2D eigenvalue weighted by Gasteiger charge is 1.93. The van der Waals surface area contributed by atoms with Crippen molar-refractivity contribution in [1.29, 1.82) is 0 Å². The number of hydrogen-bond acceptors (Lipinski definition) is 2. The van der Waals surface area contributed by atoms with Crippen LogP contribution in [0.4, 0.5) is 0 Å². The van der Waals surface area contributed by atoms with Crippen LogP contribution >= 0.6 is 0 Å². The quantitative estimate of drug-likeness (QED) is 0.726. The number of aryl methyl sites for hydroxylation is 1. The summed E-state index contributed by atoms with van der Waals surface area (Å²) in [5.74, 6) is -0.0725. The van der Waals surface area contributed by atoms with Crippen LogP contribution in [0.5, 0.6) is 0 Å². The summed E-state index contributed by atoms with van der Waals surface area (Å²) < 4.78 is 1.82. The lowest BCUT2D eigenvalue weighted by Crippen LogP contribution is -1.92. The van der Waals surface area contributed by atoms with Crippen molar-refractivity contribution in [2.24, 2.45) is 7.05 Å². The summed E-state index contributed by atoms with van der Waals surface area (Å²) >= 11 is 0. The zero-order valence-electron chi connectivity index (χ0n) is 6.77. The third-order valence-corrected chi connectivity index (χ3v) is 1.42. The Morgan fingerprint density at radius 1 is 1.83 bits per heavy atom. The van der Waals surface area contributed by atoms with Crippen molar-refractivity contribution in [3.8, 4) is 0 Å². The molecule has 0 aromatic carbocycles. The van der Waals surface area contributed by atoms with Crippen LogP contribution in [0, 0.1) is 0 Å². The van der Waals surface area contributed by atoms with Crippen LogP contribution in [-0.4, -0.2) is 20.6 Å². The fourth-order valence-electron chi connectivity index (χ4n) is 0.803. The van der Waals surface area contributed by atoms with E-state index < -0.39 is 5.97 Å². The number of hydrogen-bond donors (Lipinski definition) is 1. The average Bonchev–Trinajstić information content (AvgIpc) is 2.36. The molecule has 4 nitrogen and oxygen atoms in total.